The van der Waals surface area contributed by atoms with Crippen LogP contribution in [0.3, 0.4) is 0 Å². The first-order chi connectivity index (χ1) is 36.0. The molecule has 0 saturated carbocycles. The predicted octanol–water partition coefficient (Wildman–Crippen LogP) is 22.0. The van der Waals surface area contributed by atoms with Crippen molar-refractivity contribution >= 4 is 17.9 Å². The summed E-state index contributed by atoms with van der Waals surface area (Å²) >= 11 is 0. The molecule has 0 fully saturated rings. The minimum Gasteiger partial charge on any atom is -0.462 e. The van der Waals surface area contributed by atoms with Crippen LogP contribution in [0, 0.1) is 0 Å². The van der Waals surface area contributed by atoms with Crippen molar-refractivity contribution in [3.05, 3.63) is 36.5 Å². The highest BCUT2D eigenvalue weighted by Crippen LogP contribution is 2.18. The molecule has 0 aromatic heterocycles. The lowest BCUT2D eigenvalue weighted by Gasteiger charge is -2.18. The smallest absolute Gasteiger partial charge is 0.306 e. The fraction of sp³-hybridized carbons (Fsp3) is 0.866. The molecule has 0 rings (SSSR count). The molecule has 0 radical (unpaired) electrons. The molecule has 428 valence electrons. The van der Waals surface area contributed by atoms with Crippen molar-refractivity contribution in [2.24, 2.45) is 0 Å². The Balaban J connectivity index is 4.05. The third kappa shape index (κ3) is 60.4. The van der Waals surface area contributed by atoms with E-state index in [9.17, 15) is 14.4 Å². The lowest BCUT2D eigenvalue weighted by Crippen LogP contribution is -2.30. The molecule has 0 saturated heterocycles. The van der Waals surface area contributed by atoms with E-state index in [0.717, 1.165) is 77.0 Å². The summed E-state index contributed by atoms with van der Waals surface area (Å²) in [6.45, 7) is 6.61. The summed E-state index contributed by atoms with van der Waals surface area (Å²) in [5.41, 5.74) is 0. The van der Waals surface area contributed by atoms with Crippen LogP contribution in [0.4, 0.5) is 0 Å². The van der Waals surface area contributed by atoms with Crippen LogP contribution >= 0.6 is 0 Å². The predicted molar refractivity (Wildman–Crippen MR) is 316 cm³/mol. The molecule has 0 heterocycles. The Kier molecular flexibility index (Phi) is 60.2. The summed E-state index contributed by atoms with van der Waals surface area (Å²) in [7, 11) is 0. The van der Waals surface area contributed by atoms with Crippen molar-refractivity contribution in [1.29, 1.82) is 0 Å². The van der Waals surface area contributed by atoms with Gasteiger partial charge in [-0.3, -0.25) is 14.4 Å². The van der Waals surface area contributed by atoms with E-state index in [1.165, 1.54) is 238 Å². The van der Waals surface area contributed by atoms with Gasteiger partial charge in [0, 0.05) is 19.3 Å². The Morgan fingerprint density at radius 1 is 0.274 bits per heavy atom. The number of carbonyl (C=O) groups is 3. The Morgan fingerprint density at radius 3 is 0.822 bits per heavy atom. The molecule has 0 aromatic carbocycles. The number of hydrogen-bond donors (Lipinski definition) is 0. The van der Waals surface area contributed by atoms with Gasteiger partial charge in [0.2, 0.25) is 0 Å². The zero-order valence-corrected chi connectivity index (χ0v) is 49.2. The van der Waals surface area contributed by atoms with Crippen LogP contribution in [0.15, 0.2) is 36.5 Å². The SMILES string of the molecule is CCC/C=C\CCCCCCCC(=O)OCC(COC(=O)CCCCCCCCCCCCCCCCCCCCC/C=C\C/C=C\CCCCCCC)OC(=O)CCCCCCCCCCCCCCCC. The second-order valence-electron chi connectivity index (χ2n) is 22.0. The minimum atomic E-state index is -0.770. The van der Waals surface area contributed by atoms with E-state index < -0.39 is 6.10 Å². The Bertz CT molecular complexity index is 1220. The highest BCUT2D eigenvalue weighted by Gasteiger charge is 2.19. The lowest BCUT2D eigenvalue weighted by atomic mass is 10.0. The van der Waals surface area contributed by atoms with Crippen molar-refractivity contribution in [3.63, 3.8) is 0 Å². The third-order valence-electron chi connectivity index (χ3n) is 14.6. The third-order valence-corrected chi connectivity index (χ3v) is 14.6. The molecule has 0 aliphatic carbocycles. The number of ether oxygens (including phenoxy) is 3. The average molecular weight is 1030 g/mol. The molecule has 1 unspecified atom stereocenters. The molecule has 6 nitrogen and oxygen atoms in total. The van der Waals surface area contributed by atoms with Gasteiger partial charge < -0.3 is 14.2 Å². The molecule has 0 aliphatic rings. The molecule has 0 N–H and O–H groups in total. The second-order valence-corrected chi connectivity index (χ2v) is 22.0. The van der Waals surface area contributed by atoms with Gasteiger partial charge in [0.1, 0.15) is 13.2 Å². The summed E-state index contributed by atoms with van der Waals surface area (Å²) in [5.74, 6) is -0.859. The van der Waals surface area contributed by atoms with Crippen molar-refractivity contribution in [2.75, 3.05) is 13.2 Å². The van der Waals surface area contributed by atoms with Gasteiger partial charge in [0.25, 0.3) is 0 Å². The maximum atomic E-state index is 12.8. The maximum absolute atomic E-state index is 12.8. The molecule has 0 aliphatic heterocycles. The van der Waals surface area contributed by atoms with Gasteiger partial charge in [-0.25, -0.2) is 0 Å². The maximum Gasteiger partial charge on any atom is 0.306 e. The second kappa shape index (κ2) is 62.2. The zero-order valence-electron chi connectivity index (χ0n) is 49.2. The van der Waals surface area contributed by atoms with Crippen LogP contribution in [-0.4, -0.2) is 37.2 Å². The van der Waals surface area contributed by atoms with Crippen LogP contribution in [0.5, 0.6) is 0 Å². The van der Waals surface area contributed by atoms with Gasteiger partial charge in [-0.05, 0) is 70.6 Å². The molecule has 1 atom stereocenters. The fourth-order valence-corrected chi connectivity index (χ4v) is 9.71. The number of hydrogen-bond acceptors (Lipinski definition) is 6. The molecule has 73 heavy (non-hydrogen) atoms. The molecule has 0 aromatic rings. The first-order valence-corrected chi connectivity index (χ1v) is 32.5. The van der Waals surface area contributed by atoms with Gasteiger partial charge in [-0.15, -0.1) is 0 Å². The number of allylic oxidation sites excluding steroid dienone is 6. The zero-order chi connectivity index (χ0) is 52.9. The van der Waals surface area contributed by atoms with E-state index in [0.29, 0.717) is 19.3 Å². The summed E-state index contributed by atoms with van der Waals surface area (Å²) in [4.78, 5) is 38.1. The van der Waals surface area contributed by atoms with Crippen LogP contribution < -0.4 is 0 Å². The molecule has 6 heteroatoms. The summed E-state index contributed by atoms with van der Waals surface area (Å²) in [6.07, 6.45) is 76.1. The van der Waals surface area contributed by atoms with Gasteiger partial charge in [-0.2, -0.15) is 0 Å². The highest BCUT2D eigenvalue weighted by atomic mass is 16.6. The summed E-state index contributed by atoms with van der Waals surface area (Å²) in [6, 6.07) is 0. The van der Waals surface area contributed by atoms with E-state index in [2.05, 4.69) is 57.2 Å². The number of esters is 3. The monoisotopic (exact) mass is 1020 g/mol. The summed E-state index contributed by atoms with van der Waals surface area (Å²) in [5, 5.41) is 0. The Morgan fingerprint density at radius 2 is 0.521 bits per heavy atom. The van der Waals surface area contributed by atoms with Crippen molar-refractivity contribution in [3.8, 4) is 0 Å². The Labute approximate surface area is 455 Å². The summed E-state index contributed by atoms with van der Waals surface area (Å²) < 4.78 is 16.9. The van der Waals surface area contributed by atoms with Gasteiger partial charge in [-0.1, -0.05) is 301 Å². The fourth-order valence-electron chi connectivity index (χ4n) is 9.71. The molecular formula is C67H124O6. The molecular weight excluding hydrogens is 901 g/mol. The van der Waals surface area contributed by atoms with E-state index in [4.69, 9.17) is 14.2 Å². The number of rotatable bonds is 60. The number of carbonyl (C=O) groups excluding carboxylic acids is 3. The van der Waals surface area contributed by atoms with Crippen molar-refractivity contribution in [1.82, 2.24) is 0 Å². The van der Waals surface area contributed by atoms with Gasteiger partial charge in [0.05, 0.1) is 0 Å². The first-order valence-electron chi connectivity index (χ1n) is 32.5. The van der Waals surface area contributed by atoms with Crippen molar-refractivity contribution < 1.29 is 28.6 Å². The average Bonchev–Trinajstić information content (AvgIpc) is 3.39. The van der Waals surface area contributed by atoms with Crippen LogP contribution in [-0.2, 0) is 28.6 Å². The highest BCUT2D eigenvalue weighted by molar-refractivity contribution is 5.71. The lowest BCUT2D eigenvalue weighted by molar-refractivity contribution is -0.167. The first kappa shape index (κ1) is 70.6. The molecule has 0 amide bonds. The van der Waals surface area contributed by atoms with Crippen LogP contribution in [0.1, 0.15) is 355 Å². The minimum absolute atomic E-state index is 0.0693. The van der Waals surface area contributed by atoms with E-state index in [1.54, 1.807) is 0 Å². The van der Waals surface area contributed by atoms with E-state index in [-0.39, 0.29) is 31.1 Å². The topological polar surface area (TPSA) is 78.9 Å². The van der Waals surface area contributed by atoms with E-state index in [1.807, 2.05) is 0 Å². The van der Waals surface area contributed by atoms with Gasteiger partial charge >= 0.3 is 17.9 Å². The Hall–Kier alpha value is -2.37. The van der Waals surface area contributed by atoms with E-state index >= 15 is 0 Å². The molecule has 0 spiro atoms. The van der Waals surface area contributed by atoms with Crippen LogP contribution in [0.2, 0.25) is 0 Å². The normalized spacial score (nSPS) is 12.2. The quantitative estimate of drug-likeness (QED) is 0.0261. The van der Waals surface area contributed by atoms with Crippen LogP contribution in [0.25, 0.3) is 0 Å². The standard InChI is InChI=1S/C67H124O6/c1-4-7-10-13-16-19-22-24-26-27-28-29-30-31-32-33-34-35-36-37-38-39-40-41-42-44-45-48-51-54-57-60-66(69)72-63-64(62-71-65(68)59-56-53-50-47-21-18-15-12-9-6-3)73-67(70)61-58-55-52-49-46-43-25-23-20-17-14-11-8-5-2/h12,15,22,24,27-28,64H,4-11,13-14,16-21,23,25-26,29-63H2,1-3H3/b15-12-,24-22-,28-27-. The molecule has 0 bridgehead atoms. The largest absolute Gasteiger partial charge is 0.462 e. The van der Waals surface area contributed by atoms with Gasteiger partial charge in [0.15, 0.2) is 6.10 Å². The number of unbranched alkanes of at least 4 members (excludes halogenated alkanes) is 43. The van der Waals surface area contributed by atoms with Crippen molar-refractivity contribution in [2.45, 2.75) is 361 Å².